The summed E-state index contributed by atoms with van der Waals surface area (Å²) in [5.41, 5.74) is 25.2. The Labute approximate surface area is 493 Å². The zero-order chi connectivity index (χ0) is 57.4. The van der Waals surface area contributed by atoms with Gasteiger partial charge in [-0.15, -0.1) is 0 Å². The van der Waals surface area contributed by atoms with Crippen molar-refractivity contribution in [1.82, 2.24) is 0 Å². The molecule has 0 radical (unpaired) electrons. The summed E-state index contributed by atoms with van der Waals surface area (Å²) < 4.78 is 14.4. The third-order valence-electron chi connectivity index (χ3n) is 17.7. The Morgan fingerprint density at radius 3 is 1.49 bits per heavy atom. The maximum Gasteiger partial charge on any atom is 0.333 e. The van der Waals surface area contributed by atoms with E-state index >= 15 is 0 Å². The van der Waals surface area contributed by atoms with Crippen molar-refractivity contribution in [2.75, 3.05) is 14.6 Å². The van der Waals surface area contributed by atoms with Crippen molar-refractivity contribution in [3.05, 3.63) is 253 Å². The molecule has 408 valence electrons. The molecule has 4 heterocycles. The molecule has 0 aliphatic carbocycles. The highest BCUT2D eigenvalue weighted by molar-refractivity contribution is 6.94. The first-order valence-electron chi connectivity index (χ1n) is 29.6. The minimum absolute atomic E-state index is 0.0177. The molecule has 84 heavy (non-hydrogen) atoms. The highest BCUT2D eigenvalue weighted by atomic mass is 16.3. The summed E-state index contributed by atoms with van der Waals surface area (Å²) in [6, 6.07) is 87.5. The molecule has 0 bridgehead atoms. The molecular weight excluding hydrogens is 1020 g/mol. The third-order valence-corrected chi connectivity index (χ3v) is 17.7. The lowest BCUT2D eigenvalue weighted by Gasteiger charge is -2.45. The molecule has 13 aromatic rings. The van der Waals surface area contributed by atoms with Crippen LogP contribution < -0.4 is 25.5 Å². The minimum atomic E-state index is -0.282. The molecule has 6 heteroatoms. The number of para-hydroxylation sites is 1. The molecule has 0 atom stereocenters. The monoisotopic (exact) mass is 1090 g/mol. The average Bonchev–Trinajstić information content (AvgIpc) is 1.23. The van der Waals surface area contributed by atoms with Gasteiger partial charge in [-0.25, -0.2) is 0 Å². The SMILES string of the molecule is CC(C)(C)c1ccc(N2B3c4cc(-c5ccccc5)ccc4N(c4ccc(-c5ccccc5)cc4)c4cc5c(oc6ccccc65)c(c43)-c3cc4c(cc32)oc2ccc(N(c3ccc(C(C)(C)C)cc3)c3ccc(C(C)(C)C)cc3)cc24)cc1. The smallest absolute Gasteiger partial charge is 0.333 e. The molecule has 0 N–H and O–H groups in total. The summed E-state index contributed by atoms with van der Waals surface area (Å²) in [7, 11) is 0. The van der Waals surface area contributed by atoms with Crippen LogP contribution in [0.3, 0.4) is 0 Å². The van der Waals surface area contributed by atoms with Crippen molar-refractivity contribution in [2.24, 2.45) is 0 Å². The van der Waals surface area contributed by atoms with Crippen LogP contribution in [0, 0.1) is 0 Å². The van der Waals surface area contributed by atoms with Crippen LogP contribution in [-0.4, -0.2) is 6.85 Å². The van der Waals surface area contributed by atoms with Gasteiger partial charge in [0.1, 0.15) is 22.3 Å². The van der Waals surface area contributed by atoms with E-state index < -0.39 is 0 Å². The first-order valence-corrected chi connectivity index (χ1v) is 29.6. The van der Waals surface area contributed by atoms with Crippen molar-refractivity contribution in [3.8, 4) is 33.4 Å². The molecule has 2 aromatic heterocycles. The second-order valence-corrected chi connectivity index (χ2v) is 26.2. The van der Waals surface area contributed by atoms with E-state index in [0.717, 1.165) is 106 Å². The lowest BCUT2D eigenvalue weighted by atomic mass is 9.43. The number of hydrogen-bond acceptors (Lipinski definition) is 5. The molecule has 0 unspecified atom stereocenters. The van der Waals surface area contributed by atoms with E-state index in [4.69, 9.17) is 8.83 Å². The van der Waals surface area contributed by atoms with Gasteiger partial charge in [-0.3, -0.25) is 0 Å². The van der Waals surface area contributed by atoms with Gasteiger partial charge < -0.3 is 23.4 Å². The van der Waals surface area contributed by atoms with Crippen molar-refractivity contribution in [3.63, 3.8) is 0 Å². The van der Waals surface area contributed by atoms with E-state index in [-0.39, 0.29) is 23.1 Å². The van der Waals surface area contributed by atoms with Gasteiger partial charge in [0.25, 0.3) is 0 Å². The van der Waals surface area contributed by atoms with E-state index in [1.807, 2.05) is 0 Å². The van der Waals surface area contributed by atoms with Gasteiger partial charge in [0.05, 0.1) is 0 Å². The van der Waals surface area contributed by atoms with Crippen LogP contribution in [0.25, 0.3) is 77.3 Å². The highest BCUT2D eigenvalue weighted by Gasteiger charge is 2.47. The largest absolute Gasteiger partial charge is 0.456 e. The Kier molecular flexibility index (Phi) is 11.6. The number of anilines is 8. The lowest BCUT2D eigenvalue weighted by Crippen LogP contribution is -2.61. The normalized spacial score (nSPS) is 13.2. The zero-order valence-electron chi connectivity index (χ0n) is 49.3. The van der Waals surface area contributed by atoms with Gasteiger partial charge in [-0.05, 0) is 157 Å². The molecule has 2 aliphatic rings. The Morgan fingerprint density at radius 1 is 0.357 bits per heavy atom. The van der Waals surface area contributed by atoms with Gasteiger partial charge >= 0.3 is 6.85 Å². The fourth-order valence-electron chi connectivity index (χ4n) is 13.2. The number of hydrogen-bond donors (Lipinski definition) is 0. The Morgan fingerprint density at radius 2 is 0.869 bits per heavy atom. The van der Waals surface area contributed by atoms with E-state index in [2.05, 4.69) is 314 Å². The number of rotatable bonds is 7. The number of benzene rings is 11. The summed E-state index contributed by atoms with van der Waals surface area (Å²) in [6.45, 7) is 20.2. The van der Waals surface area contributed by atoms with Crippen LogP contribution in [0.2, 0.25) is 0 Å². The predicted molar refractivity (Wildman–Crippen MR) is 356 cm³/mol. The topological polar surface area (TPSA) is 36.0 Å². The summed E-state index contributed by atoms with van der Waals surface area (Å²) >= 11 is 0. The zero-order valence-corrected chi connectivity index (χ0v) is 49.3. The first-order chi connectivity index (χ1) is 40.5. The number of nitrogens with zero attached hydrogens (tertiary/aromatic N) is 3. The third kappa shape index (κ3) is 8.44. The van der Waals surface area contributed by atoms with E-state index in [1.54, 1.807) is 0 Å². The minimum Gasteiger partial charge on any atom is -0.456 e. The van der Waals surface area contributed by atoms with Crippen LogP contribution in [0.1, 0.15) is 79.0 Å². The Hall–Kier alpha value is -9.52. The summed E-state index contributed by atoms with van der Waals surface area (Å²) in [5.74, 6) is 0. The molecule has 5 nitrogen and oxygen atoms in total. The Balaban J connectivity index is 1.02. The second kappa shape index (κ2) is 19.0. The van der Waals surface area contributed by atoms with Crippen LogP contribution in [-0.2, 0) is 16.2 Å². The quantitative estimate of drug-likeness (QED) is 0.149. The molecule has 0 saturated carbocycles. The predicted octanol–water partition coefficient (Wildman–Crippen LogP) is 20.9. The van der Waals surface area contributed by atoms with Crippen molar-refractivity contribution >= 4 is 107 Å². The average molecular weight is 1090 g/mol. The summed E-state index contributed by atoms with van der Waals surface area (Å²) in [5, 5.41) is 4.24. The van der Waals surface area contributed by atoms with E-state index in [9.17, 15) is 0 Å². The second-order valence-electron chi connectivity index (χ2n) is 26.2. The van der Waals surface area contributed by atoms with E-state index in [0.29, 0.717) is 0 Å². The summed E-state index contributed by atoms with van der Waals surface area (Å²) in [6.07, 6.45) is 0. The van der Waals surface area contributed by atoms with Gasteiger partial charge in [-0.2, -0.15) is 0 Å². The van der Waals surface area contributed by atoms with Gasteiger partial charge in [0.2, 0.25) is 0 Å². The van der Waals surface area contributed by atoms with Gasteiger partial charge in [-0.1, -0.05) is 202 Å². The molecule has 15 rings (SSSR count). The molecule has 0 saturated heterocycles. The highest BCUT2D eigenvalue weighted by Crippen LogP contribution is 2.53. The van der Waals surface area contributed by atoms with Crippen LogP contribution in [0.5, 0.6) is 0 Å². The molecule has 0 spiro atoms. The standard InChI is InChI=1S/C78H66BN3O2/c1-76(2,3)53-27-35-56(36-28-53)80(57-37-29-54(30-38-57)77(4,5)6)60-41-43-71-62(45-60)63-46-65-68(48-72(63)83-71)82(59-39-31-55(32-40-59)78(7,8)9)79-66-44-52(50-20-14-11-15-21-50)26-42-67(66)81(58-33-24-51(25-34-58)49-18-12-10-13-19-49)69-47-64-61-22-16-17-23-70(61)84-75(64)73(65)74(69)79/h10-48H,1-9H3. The first kappa shape index (κ1) is 51.4. The Bertz CT molecular complexity index is 4640. The lowest BCUT2D eigenvalue weighted by molar-refractivity contribution is 0.590. The molecule has 2 aliphatic heterocycles. The molecule has 0 fully saturated rings. The van der Waals surface area contributed by atoms with Crippen molar-refractivity contribution < 1.29 is 8.83 Å². The summed E-state index contributed by atoms with van der Waals surface area (Å²) in [4.78, 5) is 7.49. The van der Waals surface area contributed by atoms with E-state index in [1.165, 1.54) is 44.3 Å². The number of fused-ring (bicyclic) bond motifs is 11. The molecule has 11 aromatic carbocycles. The van der Waals surface area contributed by atoms with Gasteiger partial charge in [0.15, 0.2) is 0 Å². The van der Waals surface area contributed by atoms with Gasteiger partial charge in [0, 0.05) is 84.2 Å². The maximum atomic E-state index is 7.28. The van der Waals surface area contributed by atoms with Crippen LogP contribution in [0.4, 0.5) is 45.5 Å². The van der Waals surface area contributed by atoms with Crippen LogP contribution in [0.15, 0.2) is 245 Å². The maximum absolute atomic E-state index is 7.28. The fourth-order valence-corrected chi connectivity index (χ4v) is 13.2. The van der Waals surface area contributed by atoms with Crippen LogP contribution >= 0.6 is 0 Å². The molecule has 0 amide bonds. The fraction of sp³-hybridized carbons (Fsp3) is 0.154. The van der Waals surface area contributed by atoms with Crippen molar-refractivity contribution in [2.45, 2.75) is 78.6 Å². The number of furan rings is 2. The van der Waals surface area contributed by atoms with Crippen molar-refractivity contribution in [1.29, 1.82) is 0 Å². The molecular formula is C78H66BN3O2.